The summed E-state index contributed by atoms with van der Waals surface area (Å²) < 4.78 is 15.1. The van der Waals surface area contributed by atoms with Gasteiger partial charge in [-0.05, 0) is 48.4 Å². The number of imide groups is 1. The Labute approximate surface area is 155 Å². The van der Waals surface area contributed by atoms with Gasteiger partial charge >= 0.3 is 12.0 Å². The van der Waals surface area contributed by atoms with Gasteiger partial charge in [-0.2, -0.15) is 0 Å². The van der Waals surface area contributed by atoms with Crippen molar-refractivity contribution in [1.82, 2.24) is 10.2 Å². The fraction of sp³-hybridized carbons (Fsp3) is 0.211. The Morgan fingerprint density at radius 3 is 2.67 bits per heavy atom. The largest absolute Gasteiger partial charge is 0.496 e. The minimum Gasteiger partial charge on any atom is -0.496 e. The van der Waals surface area contributed by atoms with E-state index in [9.17, 15) is 14.4 Å². The van der Waals surface area contributed by atoms with E-state index in [0.717, 1.165) is 21.8 Å². The van der Waals surface area contributed by atoms with Gasteiger partial charge in [-0.15, -0.1) is 0 Å². The number of aryl methyl sites for hydroxylation is 1. The van der Waals surface area contributed by atoms with Crippen LogP contribution in [0.4, 0.5) is 4.79 Å². The Bertz CT molecular complexity index is 943. The van der Waals surface area contributed by atoms with E-state index in [1.165, 1.54) is 19.2 Å². The number of amides is 3. The number of urea groups is 1. The van der Waals surface area contributed by atoms with Gasteiger partial charge in [0.05, 0.1) is 20.8 Å². The molecule has 2 heterocycles. The first-order valence-corrected chi connectivity index (χ1v) is 8.09. The van der Waals surface area contributed by atoms with Crippen LogP contribution in [0.15, 0.2) is 40.4 Å². The molecule has 1 aliphatic heterocycles. The van der Waals surface area contributed by atoms with Gasteiger partial charge in [0.25, 0.3) is 5.91 Å². The summed E-state index contributed by atoms with van der Waals surface area (Å²) >= 11 is 0. The van der Waals surface area contributed by atoms with Crippen molar-refractivity contribution in [3.8, 4) is 5.75 Å². The summed E-state index contributed by atoms with van der Waals surface area (Å²) in [6, 6.07) is 7.81. The molecule has 1 aromatic heterocycles. The number of nitrogens with zero attached hydrogens (tertiary/aromatic N) is 1. The number of carbonyl (C=O) groups is 3. The highest BCUT2D eigenvalue weighted by atomic mass is 16.5. The van der Waals surface area contributed by atoms with Gasteiger partial charge in [-0.1, -0.05) is 6.07 Å². The van der Waals surface area contributed by atoms with Crippen LogP contribution >= 0.6 is 0 Å². The molecule has 1 N–H and O–H groups in total. The number of ether oxygens (including phenoxy) is 2. The van der Waals surface area contributed by atoms with Crippen molar-refractivity contribution in [2.45, 2.75) is 13.5 Å². The second kappa shape index (κ2) is 7.36. The molecule has 8 nitrogen and oxygen atoms in total. The highest BCUT2D eigenvalue weighted by molar-refractivity contribution is 6.13. The molecular formula is C19H18N2O6. The van der Waals surface area contributed by atoms with E-state index in [2.05, 4.69) is 10.1 Å². The SMILES string of the molecule is COC(=O)c1ccc(CN2C(=O)N/C(=C\c3ccc(OC)c(C)c3)C2=O)o1. The van der Waals surface area contributed by atoms with Crippen molar-refractivity contribution >= 4 is 24.0 Å². The normalized spacial score (nSPS) is 15.2. The number of hydrogen-bond donors (Lipinski definition) is 1. The lowest BCUT2D eigenvalue weighted by Gasteiger charge is -2.09. The predicted octanol–water partition coefficient (Wildman–Crippen LogP) is 2.48. The van der Waals surface area contributed by atoms with Crippen LogP contribution in [0.25, 0.3) is 6.08 Å². The van der Waals surface area contributed by atoms with Crippen LogP contribution in [-0.2, 0) is 16.1 Å². The number of furan rings is 1. The van der Waals surface area contributed by atoms with Crippen molar-refractivity contribution in [2.24, 2.45) is 0 Å². The number of nitrogens with one attached hydrogen (secondary N) is 1. The molecule has 1 aromatic carbocycles. The third-order valence-electron chi connectivity index (χ3n) is 4.05. The summed E-state index contributed by atoms with van der Waals surface area (Å²) in [7, 11) is 2.82. The average molecular weight is 370 g/mol. The summed E-state index contributed by atoms with van der Waals surface area (Å²) in [5, 5.41) is 2.55. The molecule has 0 atom stereocenters. The molecule has 0 radical (unpaired) electrons. The van der Waals surface area contributed by atoms with E-state index < -0.39 is 17.9 Å². The van der Waals surface area contributed by atoms with Gasteiger partial charge in [0.1, 0.15) is 17.2 Å². The number of rotatable bonds is 5. The van der Waals surface area contributed by atoms with Gasteiger partial charge in [-0.25, -0.2) is 9.59 Å². The van der Waals surface area contributed by atoms with Crippen LogP contribution in [0.3, 0.4) is 0 Å². The zero-order valence-corrected chi connectivity index (χ0v) is 15.1. The lowest BCUT2D eigenvalue weighted by Crippen LogP contribution is -2.30. The monoisotopic (exact) mass is 370 g/mol. The molecule has 2 aromatic rings. The maximum Gasteiger partial charge on any atom is 0.373 e. The molecule has 0 unspecified atom stereocenters. The van der Waals surface area contributed by atoms with E-state index in [4.69, 9.17) is 9.15 Å². The van der Waals surface area contributed by atoms with Crippen LogP contribution in [0.5, 0.6) is 5.75 Å². The number of benzene rings is 1. The molecule has 0 saturated carbocycles. The van der Waals surface area contributed by atoms with E-state index in [0.29, 0.717) is 5.76 Å². The molecule has 8 heteroatoms. The van der Waals surface area contributed by atoms with Crippen molar-refractivity contribution in [1.29, 1.82) is 0 Å². The van der Waals surface area contributed by atoms with Crippen molar-refractivity contribution in [2.75, 3.05) is 14.2 Å². The molecule has 0 spiro atoms. The first-order chi connectivity index (χ1) is 12.9. The third kappa shape index (κ3) is 3.69. The highest BCUT2D eigenvalue weighted by Gasteiger charge is 2.34. The molecule has 1 aliphatic rings. The lowest BCUT2D eigenvalue weighted by atomic mass is 10.1. The van der Waals surface area contributed by atoms with Gasteiger partial charge in [0.2, 0.25) is 5.76 Å². The molecule has 3 amide bonds. The van der Waals surface area contributed by atoms with Crippen molar-refractivity contribution in [3.63, 3.8) is 0 Å². The Kier molecular flexibility index (Phi) is 4.98. The minimum absolute atomic E-state index is 0.00373. The molecule has 140 valence electrons. The molecule has 1 fully saturated rings. The van der Waals surface area contributed by atoms with E-state index >= 15 is 0 Å². The molecule has 0 bridgehead atoms. The summed E-state index contributed by atoms with van der Waals surface area (Å²) in [6.07, 6.45) is 1.59. The van der Waals surface area contributed by atoms with E-state index in [1.54, 1.807) is 25.3 Å². The smallest absolute Gasteiger partial charge is 0.373 e. The second-order valence-electron chi connectivity index (χ2n) is 5.87. The number of methoxy groups -OCH3 is 2. The predicted molar refractivity (Wildman–Crippen MR) is 94.8 cm³/mol. The quantitative estimate of drug-likeness (QED) is 0.493. The highest BCUT2D eigenvalue weighted by Crippen LogP contribution is 2.22. The average Bonchev–Trinajstić information content (AvgIpc) is 3.22. The van der Waals surface area contributed by atoms with Crippen LogP contribution in [0.2, 0.25) is 0 Å². The third-order valence-corrected chi connectivity index (χ3v) is 4.05. The number of esters is 1. The van der Waals surface area contributed by atoms with Crippen molar-refractivity contribution in [3.05, 3.63) is 58.7 Å². The molecule has 3 rings (SSSR count). The van der Waals surface area contributed by atoms with Gasteiger partial charge in [-0.3, -0.25) is 9.69 Å². The summed E-state index contributed by atoms with van der Waals surface area (Å²) in [6.45, 7) is 1.79. The van der Waals surface area contributed by atoms with Crippen LogP contribution in [0.1, 0.15) is 27.4 Å². The maximum absolute atomic E-state index is 12.5. The van der Waals surface area contributed by atoms with E-state index in [-0.39, 0.29) is 18.0 Å². The summed E-state index contributed by atoms with van der Waals surface area (Å²) in [4.78, 5) is 37.1. The lowest BCUT2D eigenvalue weighted by molar-refractivity contribution is -0.123. The summed E-state index contributed by atoms with van der Waals surface area (Å²) in [5.74, 6) is -0.0809. The number of carbonyl (C=O) groups excluding carboxylic acids is 3. The summed E-state index contributed by atoms with van der Waals surface area (Å²) in [5.41, 5.74) is 1.82. The molecular weight excluding hydrogens is 352 g/mol. The molecule has 27 heavy (non-hydrogen) atoms. The molecule has 0 aliphatic carbocycles. The standard InChI is InChI=1S/C19H18N2O6/c1-11-8-12(4-6-15(11)25-2)9-14-17(22)21(19(24)20-14)10-13-5-7-16(27-13)18(23)26-3/h4-9H,10H2,1-3H3,(H,20,24)/b14-9-. The van der Waals surface area contributed by atoms with E-state index in [1.807, 2.05) is 13.0 Å². The first-order valence-electron chi connectivity index (χ1n) is 8.09. The Morgan fingerprint density at radius 1 is 1.22 bits per heavy atom. The molecule has 1 saturated heterocycles. The van der Waals surface area contributed by atoms with Gasteiger partial charge in [0, 0.05) is 0 Å². The first kappa shape index (κ1) is 18.2. The Morgan fingerprint density at radius 2 is 2.00 bits per heavy atom. The number of hydrogen-bond acceptors (Lipinski definition) is 6. The van der Waals surface area contributed by atoms with Crippen LogP contribution < -0.4 is 10.1 Å². The topological polar surface area (TPSA) is 98.1 Å². The van der Waals surface area contributed by atoms with Crippen molar-refractivity contribution < 1.29 is 28.3 Å². The second-order valence-corrected chi connectivity index (χ2v) is 5.87. The van der Waals surface area contributed by atoms with Gasteiger partial charge < -0.3 is 19.2 Å². The fourth-order valence-corrected chi connectivity index (χ4v) is 2.70. The Balaban J connectivity index is 1.77. The zero-order chi connectivity index (χ0) is 19.6. The fourth-order valence-electron chi connectivity index (χ4n) is 2.70. The zero-order valence-electron chi connectivity index (χ0n) is 15.1. The minimum atomic E-state index is -0.631. The van der Waals surface area contributed by atoms with Crippen LogP contribution in [-0.4, -0.2) is 37.0 Å². The maximum atomic E-state index is 12.5. The van der Waals surface area contributed by atoms with Crippen LogP contribution in [0, 0.1) is 6.92 Å². The Hall–Kier alpha value is -3.55. The van der Waals surface area contributed by atoms with Gasteiger partial charge in [0.15, 0.2) is 0 Å².